The van der Waals surface area contributed by atoms with Crippen LogP contribution < -0.4 is 4.72 Å². The number of hydrogen-bond donors (Lipinski definition) is 1. The van der Waals surface area contributed by atoms with Crippen molar-refractivity contribution in [2.45, 2.75) is 24.7 Å². The molecule has 4 rings (SSSR count). The van der Waals surface area contributed by atoms with Crippen LogP contribution in [0, 0.1) is 0 Å². The highest BCUT2D eigenvalue weighted by Crippen LogP contribution is 2.35. The number of carbonyl (C=O) groups excluding carboxylic acids is 3. The third-order valence-electron chi connectivity index (χ3n) is 5.54. The monoisotopic (exact) mass is 496 g/mol. The molecule has 0 aliphatic heterocycles. The largest absolute Gasteiger partial charge is 0.339 e. The Kier molecular flexibility index (Phi) is 6.29. The zero-order valence-corrected chi connectivity index (χ0v) is 20.0. The molecule has 0 fully saturated rings. The molecule has 0 radical (unpaired) electrons. The first-order valence-corrected chi connectivity index (χ1v) is 12.3. The zero-order chi connectivity index (χ0) is 24.6. The highest BCUT2D eigenvalue weighted by molar-refractivity contribution is 7.90. The van der Waals surface area contributed by atoms with E-state index >= 15 is 0 Å². The quantitative estimate of drug-likeness (QED) is 0.555. The summed E-state index contributed by atoms with van der Waals surface area (Å²) in [6.45, 7) is 1.41. The number of halogens is 1. The molecule has 174 valence electrons. The summed E-state index contributed by atoms with van der Waals surface area (Å²) in [4.78, 5) is 37.4. The molecule has 0 unspecified atom stereocenters. The number of aryl methyl sites for hydroxylation is 1. The first-order chi connectivity index (χ1) is 16.1. The second-order valence-corrected chi connectivity index (χ2v) is 10.2. The van der Waals surface area contributed by atoms with Gasteiger partial charge in [-0.25, -0.2) is 13.1 Å². The van der Waals surface area contributed by atoms with Crippen molar-refractivity contribution in [3.63, 3.8) is 0 Å². The molecule has 2 aromatic carbocycles. The van der Waals surface area contributed by atoms with E-state index in [1.807, 2.05) is 0 Å². The standard InChI is InChI=1S/C25H21ClN2O5S/c1-15(29)12-16-6-5-7-18(13-16)34(32,33)27-25(31)24-23(19-8-3-4-9-22(19)30)20-14-17(26)10-11-21(20)28(24)2/h3-8,10-11,13-14H,9,12H2,1-2H3,(H,27,31). The van der Waals surface area contributed by atoms with E-state index in [1.165, 1.54) is 25.1 Å². The Morgan fingerprint density at radius 3 is 2.62 bits per heavy atom. The van der Waals surface area contributed by atoms with Gasteiger partial charge in [-0.3, -0.25) is 14.4 Å². The molecule has 0 bridgehead atoms. The molecule has 0 spiro atoms. The van der Waals surface area contributed by atoms with E-state index in [-0.39, 0.29) is 35.0 Å². The van der Waals surface area contributed by atoms with Crippen LogP contribution in [0.3, 0.4) is 0 Å². The molecule has 1 aliphatic rings. The molecule has 1 aliphatic carbocycles. The van der Waals surface area contributed by atoms with Gasteiger partial charge in [-0.2, -0.15) is 0 Å². The Bertz CT molecular complexity index is 1530. The number of fused-ring (bicyclic) bond motifs is 1. The Morgan fingerprint density at radius 1 is 1.15 bits per heavy atom. The number of allylic oxidation sites excluding steroid dienone is 4. The topological polar surface area (TPSA) is 102 Å². The Hall–Kier alpha value is -3.49. The molecule has 1 amide bonds. The predicted molar refractivity (Wildman–Crippen MR) is 130 cm³/mol. The van der Waals surface area contributed by atoms with Crippen LogP contribution in [0.4, 0.5) is 0 Å². The summed E-state index contributed by atoms with van der Waals surface area (Å²) in [5, 5.41) is 0.983. The van der Waals surface area contributed by atoms with E-state index in [0.717, 1.165) is 0 Å². The van der Waals surface area contributed by atoms with Crippen molar-refractivity contribution in [2.24, 2.45) is 7.05 Å². The summed E-state index contributed by atoms with van der Waals surface area (Å²) < 4.78 is 29.8. The minimum Gasteiger partial charge on any atom is -0.339 e. The smallest absolute Gasteiger partial charge is 0.282 e. The van der Waals surface area contributed by atoms with E-state index in [4.69, 9.17) is 11.6 Å². The van der Waals surface area contributed by atoms with Crippen LogP contribution in [0.25, 0.3) is 16.5 Å². The lowest BCUT2D eigenvalue weighted by molar-refractivity contribution is -0.116. The van der Waals surface area contributed by atoms with Crippen molar-refractivity contribution < 1.29 is 22.8 Å². The SMILES string of the molecule is CC(=O)Cc1cccc(S(=O)(=O)NC(=O)c2c(C3=CC=CCC3=O)c3cc(Cl)ccc3n2C)c1. The zero-order valence-electron chi connectivity index (χ0n) is 18.5. The van der Waals surface area contributed by atoms with Crippen molar-refractivity contribution in [1.29, 1.82) is 0 Å². The van der Waals surface area contributed by atoms with Crippen LogP contribution >= 0.6 is 11.6 Å². The summed E-state index contributed by atoms with van der Waals surface area (Å²) in [7, 11) is -2.63. The van der Waals surface area contributed by atoms with Gasteiger partial charge < -0.3 is 4.57 Å². The highest BCUT2D eigenvalue weighted by Gasteiger charge is 2.29. The van der Waals surface area contributed by atoms with Gasteiger partial charge in [0.05, 0.1) is 4.90 Å². The lowest BCUT2D eigenvalue weighted by Gasteiger charge is -2.13. The van der Waals surface area contributed by atoms with Gasteiger partial charge in [0.2, 0.25) is 0 Å². The van der Waals surface area contributed by atoms with Crippen LogP contribution in [0.15, 0.2) is 65.6 Å². The maximum atomic E-state index is 13.4. The molecule has 9 heteroatoms. The molecular weight excluding hydrogens is 476 g/mol. The fourth-order valence-corrected chi connectivity index (χ4v) is 5.25. The van der Waals surface area contributed by atoms with Gasteiger partial charge in [0.15, 0.2) is 5.78 Å². The molecule has 1 aromatic heterocycles. The van der Waals surface area contributed by atoms with E-state index in [0.29, 0.717) is 32.6 Å². The maximum absolute atomic E-state index is 13.4. The van der Waals surface area contributed by atoms with Crippen molar-refractivity contribution >= 4 is 55.6 Å². The minimum atomic E-state index is -4.26. The van der Waals surface area contributed by atoms with Gasteiger partial charge in [0.25, 0.3) is 15.9 Å². The molecule has 0 atom stereocenters. The van der Waals surface area contributed by atoms with Crippen molar-refractivity contribution in [1.82, 2.24) is 9.29 Å². The average Bonchev–Trinajstić information content (AvgIpc) is 3.05. The second kappa shape index (κ2) is 9.04. The number of nitrogens with zero attached hydrogens (tertiary/aromatic N) is 1. The number of amides is 1. The molecule has 1 heterocycles. The van der Waals surface area contributed by atoms with E-state index in [1.54, 1.807) is 54.1 Å². The lowest BCUT2D eigenvalue weighted by atomic mass is 9.93. The third-order valence-corrected chi connectivity index (χ3v) is 7.10. The number of nitrogens with one attached hydrogen (secondary N) is 1. The summed E-state index contributed by atoms with van der Waals surface area (Å²) >= 11 is 6.20. The van der Waals surface area contributed by atoms with Crippen molar-refractivity contribution in [3.8, 4) is 0 Å². The molecule has 0 saturated carbocycles. The van der Waals surface area contributed by atoms with Gasteiger partial charge in [-0.1, -0.05) is 42.0 Å². The first-order valence-electron chi connectivity index (χ1n) is 10.4. The maximum Gasteiger partial charge on any atom is 0.282 e. The van der Waals surface area contributed by atoms with E-state index in [2.05, 4.69) is 4.72 Å². The number of rotatable bonds is 6. The summed E-state index contributed by atoms with van der Waals surface area (Å²) in [5.41, 5.74) is 1.80. The van der Waals surface area contributed by atoms with Crippen molar-refractivity contribution in [3.05, 3.63) is 82.5 Å². The van der Waals surface area contributed by atoms with Gasteiger partial charge in [0.1, 0.15) is 11.5 Å². The van der Waals surface area contributed by atoms with Crippen molar-refractivity contribution in [2.75, 3.05) is 0 Å². The summed E-state index contributed by atoms with van der Waals surface area (Å²) in [6.07, 6.45) is 5.29. The number of ketones is 2. The Balaban J connectivity index is 1.82. The first kappa shape index (κ1) is 23.7. The summed E-state index contributed by atoms with van der Waals surface area (Å²) in [6, 6.07) is 10.9. The minimum absolute atomic E-state index is 0.0237. The molecule has 34 heavy (non-hydrogen) atoms. The Labute approximate surface area is 201 Å². The van der Waals surface area contributed by atoms with Crippen LogP contribution in [0.5, 0.6) is 0 Å². The summed E-state index contributed by atoms with van der Waals surface area (Å²) in [5.74, 6) is -1.19. The Morgan fingerprint density at radius 2 is 1.91 bits per heavy atom. The number of hydrogen-bond acceptors (Lipinski definition) is 5. The molecule has 0 saturated heterocycles. The van der Waals surface area contributed by atoms with Gasteiger partial charge in [0, 0.05) is 47.0 Å². The lowest BCUT2D eigenvalue weighted by Crippen LogP contribution is -2.32. The number of benzene rings is 2. The van der Waals surface area contributed by atoms with Crippen LogP contribution in [0.1, 0.15) is 35.0 Å². The normalized spacial score (nSPS) is 13.7. The third kappa shape index (κ3) is 4.47. The molecule has 1 N–H and O–H groups in total. The van der Waals surface area contributed by atoms with E-state index in [9.17, 15) is 22.8 Å². The van der Waals surface area contributed by atoms with Crippen LogP contribution in [-0.4, -0.2) is 30.5 Å². The van der Waals surface area contributed by atoms with Gasteiger partial charge >= 0.3 is 0 Å². The average molecular weight is 497 g/mol. The number of aromatic nitrogens is 1. The van der Waals surface area contributed by atoms with E-state index < -0.39 is 15.9 Å². The molecule has 7 nitrogen and oxygen atoms in total. The predicted octanol–water partition coefficient (Wildman–Crippen LogP) is 3.99. The highest BCUT2D eigenvalue weighted by atomic mass is 35.5. The fourth-order valence-electron chi connectivity index (χ4n) is 4.06. The van der Waals surface area contributed by atoms with Gasteiger partial charge in [-0.05, 0) is 42.8 Å². The van der Waals surface area contributed by atoms with Crippen LogP contribution in [0.2, 0.25) is 5.02 Å². The van der Waals surface area contributed by atoms with Gasteiger partial charge in [-0.15, -0.1) is 0 Å². The number of Topliss-reactive ketones (excluding diaryl/α,β-unsaturated/α-hetero) is 2. The van der Waals surface area contributed by atoms with Crippen LogP contribution in [-0.2, 0) is 33.1 Å². The number of sulfonamides is 1. The molecule has 3 aromatic rings. The number of carbonyl (C=O) groups is 3. The fraction of sp³-hybridized carbons (Fsp3) is 0.160. The second-order valence-electron chi connectivity index (χ2n) is 8.04. The molecular formula is C25H21ClN2O5S.